The first-order valence-electron chi connectivity index (χ1n) is 5.72. The first-order chi connectivity index (χ1) is 9.24. The van der Waals surface area contributed by atoms with E-state index in [0.717, 1.165) is 17.2 Å². The lowest BCUT2D eigenvalue weighted by Crippen LogP contribution is -2.20. The summed E-state index contributed by atoms with van der Waals surface area (Å²) < 4.78 is 6.58. The van der Waals surface area contributed by atoms with E-state index in [9.17, 15) is 4.79 Å². The van der Waals surface area contributed by atoms with Crippen LogP contribution in [0.2, 0.25) is 0 Å². The van der Waals surface area contributed by atoms with Crippen LogP contribution in [0.1, 0.15) is 0 Å². The van der Waals surface area contributed by atoms with Crippen LogP contribution < -0.4 is 10.4 Å². The van der Waals surface area contributed by atoms with Gasteiger partial charge in [0.2, 0.25) is 0 Å². The van der Waals surface area contributed by atoms with Gasteiger partial charge in [-0.3, -0.25) is 4.57 Å². The number of ether oxygens (including phenoxy) is 1. The summed E-state index contributed by atoms with van der Waals surface area (Å²) in [6.45, 7) is 3.64. The van der Waals surface area contributed by atoms with E-state index in [4.69, 9.17) is 4.74 Å². The second kappa shape index (κ2) is 6.24. The maximum Gasteiger partial charge on any atom is 0.353 e. The van der Waals surface area contributed by atoms with E-state index < -0.39 is 0 Å². The molecule has 0 unspecified atom stereocenters. The number of methoxy groups -OCH3 is 1. The minimum atomic E-state index is -0.292. The molecule has 0 N–H and O–H groups in total. The van der Waals surface area contributed by atoms with E-state index in [-0.39, 0.29) is 5.69 Å². The molecule has 0 aliphatic heterocycles. The third-order valence-electron chi connectivity index (χ3n) is 2.48. The number of benzene rings is 1. The van der Waals surface area contributed by atoms with Crippen molar-refractivity contribution in [2.24, 2.45) is 0 Å². The average molecular weight is 274 g/mol. The number of hydrogen-bond donors (Lipinski definition) is 0. The Bertz CT molecular complexity index is 620. The molecule has 2 rings (SSSR count). The molecule has 2 aromatic rings. The van der Waals surface area contributed by atoms with Crippen LogP contribution in [-0.4, -0.2) is 22.4 Å². The van der Waals surface area contributed by atoms with Gasteiger partial charge < -0.3 is 4.74 Å². The lowest BCUT2D eigenvalue weighted by Gasteiger charge is -2.06. The number of thioether (sulfide) groups is 1. The Labute approximate surface area is 115 Å². The molecule has 0 saturated heterocycles. The van der Waals surface area contributed by atoms with Crippen molar-refractivity contribution in [3.8, 4) is 11.4 Å². The molecule has 0 atom stereocenters. The highest BCUT2D eigenvalue weighted by molar-refractivity contribution is 7.99. The van der Waals surface area contributed by atoms with Gasteiger partial charge in [-0.2, -0.15) is 4.98 Å². The Balaban J connectivity index is 2.29. The lowest BCUT2D eigenvalue weighted by molar-refractivity contribution is 0.414. The molecule has 0 fully saturated rings. The topological polar surface area (TPSA) is 44.1 Å². The molecule has 0 amide bonds. The summed E-state index contributed by atoms with van der Waals surface area (Å²) in [5, 5.41) is 0.703. The molecule has 4 nitrogen and oxygen atoms in total. The highest BCUT2D eigenvalue weighted by atomic mass is 32.2. The lowest BCUT2D eigenvalue weighted by atomic mass is 10.3. The molecule has 0 aliphatic rings. The largest absolute Gasteiger partial charge is 0.497 e. The highest BCUT2D eigenvalue weighted by Crippen LogP contribution is 2.15. The minimum Gasteiger partial charge on any atom is -0.497 e. The molecule has 1 aromatic heterocycles. The summed E-state index contributed by atoms with van der Waals surface area (Å²) in [5.74, 6) is 1.49. The molecule has 19 heavy (non-hydrogen) atoms. The molecule has 1 aromatic carbocycles. The van der Waals surface area contributed by atoms with Crippen LogP contribution >= 0.6 is 11.8 Å². The fraction of sp³-hybridized carbons (Fsp3) is 0.143. The number of hydrogen-bond acceptors (Lipinski definition) is 4. The van der Waals surface area contributed by atoms with E-state index in [2.05, 4.69) is 11.6 Å². The predicted molar refractivity (Wildman–Crippen MR) is 77.3 cm³/mol. The molecular formula is C14H14N2O2S. The summed E-state index contributed by atoms with van der Waals surface area (Å²) in [7, 11) is 1.61. The summed E-state index contributed by atoms with van der Waals surface area (Å²) in [6.07, 6.45) is 3.50. The van der Waals surface area contributed by atoms with Gasteiger partial charge in [0, 0.05) is 11.9 Å². The second-order valence-electron chi connectivity index (χ2n) is 3.72. The Morgan fingerprint density at radius 1 is 1.37 bits per heavy atom. The summed E-state index contributed by atoms with van der Waals surface area (Å²) in [6, 6.07) is 9.07. The molecular weight excluding hydrogens is 260 g/mol. The SMILES string of the molecule is C=CCSc1ccn(-c2ccc(OC)cc2)c(=O)n1. The quantitative estimate of drug-likeness (QED) is 0.477. The fourth-order valence-corrected chi connectivity index (χ4v) is 2.14. The Hall–Kier alpha value is -2.01. The van der Waals surface area contributed by atoms with Crippen molar-refractivity contribution in [3.63, 3.8) is 0 Å². The van der Waals surface area contributed by atoms with Gasteiger partial charge in [-0.15, -0.1) is 18.3 Å². The van der Waals surface area contributed by atoms with Gasteiger partial charge in [0.05, 0.1) is 12.8 Å². The number of rotatable bonds is 5. The van der Waals surface area contributed by atoms with E-state index in [0.29, 0.717) is 5.03 Å². The number of aromatic nitrogens is 2. The van der Waals surface area contributed by atoms with Crippen molar-refractivity contribution < 1.29 is 4.74 Å². The maximum absolute atomic E-state index is 11.9. The molecule has 0 saturated carbocycles. The standard InChI is InChI=1S/C14H14N2O2S/c1-3-10-19-13-8-9-16(14(17)15-13)11-4-6-12(18-2)7-5-11/h3-9H,1,10H2,2H3. The molecule has 0 bridgehead atoms. The summed E-state index contributed by atoms with van der Waals surface area (Å²) in [5.41, 5.74) is 0.470. The van der Waals surface area contributed by atoms with Crippen LogP contribution in [0, 0.1) is 0 Å². The third-order valence-corrected chi connectivity index (χ3v) is 3.40. The molecule has 98 valence electrons. The average Bonchev–Trinajstić information content (AvgIpc) is 2.45. The van der Waals surface area contributed by atoms with Gasteiger partial charge in [-0.25, -0.2) is 4.79 Å². The zero-order chi connectivity index (χ0) is 13.7. The minimum absolute atomic E-state index is 0.292. The van der Waals surface area contributed by atoms with Crippen LogP contribution in [0.15, 0.2) is 59.0 Å². The first-order valence-corrected chi connectivity index (χ1v) is 6.71. The van der Waals surface area contributed by atoms with Crippen LogP contribution in [0.4, 0.5) is 0 Å². The van der Waals surface area contributed by atoms with Crippen LogP contribution in [0.25, 0.3) is 5.69 Å². The zero-order valence-corrected chi connectivity index (χ0v) is 11.4. The van der Waals surface area contributed by atoms with Gasteiger partial charge in [-0.05, 0) is 30.3 Å². The van der Waals surface area contributed by atoms with Crippen molar-refractivity contribution in [2.75, 3.05) is 12.9 Å². The molecule has 5 heteroatoms. The molecule has 0 spiro atoms. The normalized spacial score (nSPS) is 10.2. The van der Waals surface area contributed by atoms with Crippen molar-refractivity contribution in [1.82, 2.24) is 9.55 Å². The molecule has 0 aliphatic carbocycles. The van der Waals surface area contributed by atoms with Crippen molar-refractivity contribution in [1.29, 1.82) is 0 Å². The first kappa shape index (κ1) is 13.4. The Morgan fingerprint density at radius 3 is 2.68 bits per heavy atom. The van der Waals surface area contributed by atoms with Crippen molar-refractivity contribution >= 4 is 11.8 Å². The molecule has 0 radical (unpaired) electrons. The van der Waals surface area contributed by atoms with Gasteiger partial charge in [0.25, 0.3) is 0 Å². The summed E-state index contributed by atoms with van der Waals surface area (Å²) in [4.78, 5) is 16.0. The van der Waals surface area contributed by atoms with Crippen molar-refractivity contribution in [2.45, 2.75) is 5.03 Å². The van der Waals surface area contributed by atoms with Gasteiger partial charge in [-0.1, -0.05) is 6.08 Å². The van der Waals surface area contributed by atoms with Crippen LogP contribution in [0.5, 0.6) is 5.75 Å². The van der Waals surface area contributed by atoms with Gasteiger partial charge >= 0.3 is 5.69 Å². The second-order valence-corrected chi connectivity index (χ2v) is 4.76. The zero-order valence-electron chi connectivity index (χ0n) is 10.6. The smallest absolute Gasteiger partial charge is 0.353 e. The van der Waals surface area contributed by atoms with Crippen LogP contribution in [-0.2, 0) is 0 Å². The van der Waals surface area contributed by atoms with E-state index >= 15 is 0 Å². The van der Waals surface area contributed by atoms with E-state index in [1.54, 1.807) is 19.4 Å². The van der Waals surface area contributed by atoms with Crippen molar-refractivity contribution in [3.05, 3.63) is 59.7 Å². The fourth-order valence-electron chi connectivity index (χ4n) is 1.55. The van der Waals surface area contributed by atoms with Gasteiger partial charge in [0.1, 0.15) is 10.8 Å². The highest BCUT2D eigenvalue weighted by Gasteiger charge is 2.03. The number of nitrogens with zero attached hydrogens (tertiary/aromatic N) is 2. The van der Waals surface area contributed by atoms with Gasteiger partial charge in [0.15, 0.2) is 0 Å². The van der Waals surface area contributed by atoms with Crippen LogP contribution in [0.3, 0.4) is 0 Å². The summed E-state index contributed by atoms with van der Waals surface area (Å²) >= 11 is 1.48. The maximum atomic E-state index is 11.9. The predicted octanol–water partition coefficient (Wildman–Crippen LogP) is 2.52. The molecule has 1 heterocycles. The Kier molecular flexibility index (Phi) is 4.41. The monoisotopic (exact) mass is 274 g/mol. The van der Waals surface area contributed by atoms with E-state index in [1.807, 2.05) is 30.3 Å². The third kappa shape index (κ3) is 3.26. The van der Waals surface area contributed by atoms with E-state index in [1.165, 1.54) is 16.3 Å². The Morgan fingerprint density at radius 2 is 2.11 bits per heavy atom.